The molecule has 1 aromatic carbocycles. The van der Waals surface area contributed by atoms with Crippen molar-refractivity contribution < 1.29 is 19.5 Å². The van der Waals surface area contributed by atoms with E-state index in [-0.39, 0.29) is 28.2 Å². The number of para-hydroxylation sites is 1. The van der Waals surface area contributed by atoms with Crippen LogP contribution in [-0.4, -0.2) is 27.3 Å². The largest absolute Gasteiger partial charge is 0.505 e. The van der Waals surface area contributed by atoms with Crippen LogP contribution in [0.15, 0.2) is 29.1 Å². The number of ketones is 1. The van der Waals surface area contributed by atoms with E-state index < -0.39 is 28.9 Å². The van der Waals surface area contributed by atoms with E-state index in [0.29, 0.717) is 0 Å². The van der Waals surface area contributed by atoms with Crippen LogP contribution in [0.3, 0.4) is 0 Å². The molecule has 0 aliphatic carbocycles. The Labute approximate surface area is 129 Å². The number of rotatable bonds is 2. The smallest absolute Gasteiger partial charge is 0.262 e. The van der Waals surface area contributed by atoms with E-state index in [1.165, 1.54) is 25.1 Å². The molecule has 0 atom stereocenters. The molecule has 23 heavy (non-hydrogen) atoms. The molecule has 2 amide bonds. The van der Waals surface area contributed by atoms with Crippen molar-refractivity contribution in [2.24, 2.45) is 0 Å². The van der Waals surface area contributed by atoms with E-state index in [9.17, 15) is 24.3 Å². The number of hydrogen-bond acceptors (Lipinski definition) is 6. The molecule has 3 rings (SSSR count). The summed E-state index contributed by atoms with van der Waals surface area (Å²) in [6, 6.07) is 5.20. The minimum absolute atomic E-state index is 0.00910. The first kappa shape index (κ1) is 14.5. The van der Waals surface area contributed by atoms with E-state index in [4.69, 9.17) is 5.73 Å². The second-order valence-corrected chi connectivity index (χ2v) is 5.00. The predicted molar refractivity (Wildman–Crippen MR) is 79.9 cm³/mol. The molecule has 0 spiro atoms. The number of phenolic OH excluding ortho intramolecular Hbond substituents is 1. The summed E-state index contributed by atoms with van der Waals surface area (Å²) < 4.78 is 0.888. The first-order chi connectivity index (χ1) is 10.8. The van der Waals surface area contributed by atoms with Crippen LogP contribution in [0, 0.1) is 0 Å². The number of hydrogen-bond donors (Lipinski definition) is 3. The summed E-state index contributed by atoms with van der Waals surface area (Å²) in [6.07, 6.45) is 0. The van der Waals surface area contributed by atoms with Crippen LogP contribution >= 0.6 is 0 Å². The lowest BCUT2D eigenvalue weighted by molar-refractivity contribution is 0.0878. The minimum Gasteiger partial charge on any atom is -0.505 e. The fourth-order valence-corrected chi connectivity index (χ4v) is 2.52. The highest BCUT2D eigenvalue weighted by Crippen LogP contribution is 2.29. The number of anilines is 1. The maximum atomic E-state index is 12.3. The molecule has 1 aromatic heterocycles. The third kappa shape index (κ3) is 2.00. The van der Waals surface area contributed by atoms with Gasteiger partial charge in [0, 0.05) is 6.07 Å². The van der Waals surface area contributed by atoms with Gasteiger partial charge in [0.25, 0.3) is 17.4 Å². The Morgan fingerprint density at radius 1 is 1.22 bits per heavy atom. The Hall–Kier alpha value is -3.42. The van der Waals surface area contributed by atoms with Crippen LogP contribution in [0.2, 0.25) is 0 Å². The second kappa shape index (κ2) is 4.80. The molecule has 2 heterocycles. The molecule has 2 aromatic rings. The number of nitrogens with two attached hydrogens (primary N) is 1. The monoisotopic (exact) mass is 313 g/mol. The van der Waals surface area contributed by atoms with Crippen molar-refractivity contribution in [1.82, 2.24) is 9.88 Å². The standard InChI is InChI=1S/C15H11N3O5/c1-6(19)7-3-2-4-9(12(7)21)18-10(20)5-8-11(13(18)16)15(23)17-14(8)22/h2-5,21H,16H2,1H3,(H,17,22,23). The van der Waals surface area contributed by atoms with Gasteiger partial charge in [0.1, 0.15) is 5.82 Å². The summed E-state index contributed by atoms with van der Waals surface area (Å²) in [5.74, 6) is -2.54. The lowest BCUT2D eigenvalue weighted by Crippen LogP contribution is -2.24. The maximum absolute atomic E-state index is 12.3. The molecule has 0 bridgehead atoms. The Balaban J connectivity index is 2.36. The number of carbonyl (C=O) groups is 3. The molecule has 8 heteroatoms. The van der Waals surface area contributed by atoms with Gasteiger partial charge in [-0.25, -0.2) is 0 Å². The van der Waals surface area contributed by atoms with E-state index in [1.807, 2.05) is 5.32 Å². The number of benzene rings is 1. The minimum atomic E-state index is -0.724. The van der Waals surface area contributed by atoms with Crippen molar-refractivity contribution in [1.29, 1.82) is 0 Å². The molecule has 4 N–H and O–H groups in total. The molecule has 1 aliphatic rings. The van der Waals surface area contributed by atoms with Crippen LogP contribution in [0.5, 0.6) is 5.75 Å². The summed E-state index contributed by atoms with van der Waals surface area (Å²) in [5, 5.41) is 12.3. The van der Waals surface area contributed by atoms with Crippen molar-refractivity contribution in [2.75, 3.05) is 5.73 Å². The first-order valence-corrected chi connectivity index (χ1v) is 6.57. The Bertz CT molecular complexity index is 958. The Morgan fingerprint density at radius 2 is 1.91 bits per heavy atom. The van der Waals surface area contributed by atoms with Gasteiger partial charge in [-0.3, -0.25) is 29.1 Å². The predicted octanol–water partition coefficient (Wildman–Crippen LogP) is 0.212. The van der Waals surface area contributed by atoms with Gasteiger partial charge in [0.2, 0.25) is 0 Å². The number of nitrogen functional groups attached to an aromatic ring is 1. The van der Waals surface area contributed by atoms with Gasteiger partial charge >= 0.3 is 0 Å². The van der Waals surface area contributed by atoms with Gasteiger partial charge in [0.05, 0.1) is 22.4 Å². The maximum Gasteiger partial charge on any atom is 0.262 e. The normalized spacial score (nSPS) is 12.9. The molecule has 0 saturated heterocycles. The molecular weight excluding hydrogens is 302 g/mol. The number of imide groups is 1. The third-order valence-corrected chi connectivity index (χ3v) is 3.59. The summed E-state index contributed by atoms with van der Waals surface area (Å²) in [5.41, 5.74) is 4.87. The number of aromatic nitrogens is 1. The first-order valence-electron chi connectivity index (χ1n) is 6.57. The number of phenols is 1. The molecular formula is C15H11N3O5. The van der Waals surface area contributed by atoms with E-state index in [2.05, 4.69) is 0 Å². The zero-order chi connectivity index (χ0) is 16.9. The Morgan fingerprint density at radius 3 is 2.57 bits per heavy atom. The number of nitrogens with zero attached hydrogens (tertiary/aromatic N) is 1. The van der Waals surface area contributed by atoms with E-state index in [1.54, 1.807) is 0 Å². The average Bonchev–Trinajstić information content (AvgIpc) is 2.75. The lowest BCUT2D eigenvalue weighted by atomic mass is 10.1. The average molecular weight is 313 g/mol. The summed E-state index contributed by atoms with van der Waals surface area (Å²) >= 11 is 0. The highest BCUT2D eigenvalue weighted by Gasteiger charge is 2.32. The fourth-order valence-electron chi connectivity index (χ4n) is 2.52. The molecule has 0 fully saturated rings. The number of aromatic hydroxyl groups is 1. The van der Waals surface area contributed by atoms with E-state index in [0.717, 1.165) is 10.6 Å². The number of Topliss-reactive ketones (excluding diaryl/α,β-unsaturated/α-hetero) is 1. The van der Waals surface area contributed by atoms with Gasteiger partial charge in [-0.15, -0.1) is 0 Å². The highest BCUT2D eigenvalue weighted by molar-refractivity contribution is 6.23. The molecule has 0 saturated carbocycles. The Kier molecular flexibility index (Phi) is 3.03. The van der Waals surface area contributed by atoms with Crippen LogP contribution in [0.4, 0.5) is 5.82 Å². The summed E-state index contributed by atoms with van der Waals surface area (Å²) in [7, 11) is 0. The lowest BCUT2D eigenvalue weighted by Gasteiger charge is -2.14. The summed E-state index contributed by atoms with van der Waals surface area (Å²) in [4.78, 5) is 47.2. The van der Waals surface area contributed by atoms with Crippen LogP contribution in [-0.2, 0) is 0 Å². The van der Waals surface area contributed by atoms with Crippen molar-refractivity contribution >= 4 is 23.4 Å². The van der Waals surface area contributed by atoms with Gasteiger partial charge in [-0.2, -0.15) is 0 Å². The molecule has 1 aliphatic heterocycles. The fraction of sp³-hybridized carbons (Fsp3) is 0.0667. The zero-order valence-electron chi connectivity index (χ0n) is 11.9. The molecule has 0 unspecified atom stereocenters. The quantitative estimate of drug-likeness (QED) is 0.536. The van der Waals surface area contributed by atoms with Crippen molar-refractivity contribution in [3.05, 3.63) is 51.3 Å². The second-order valence-electron chi connectivity index (χ2n) is 5.00. The molecule has 0 radical (unpaired) electrons. The van der Waals surface area contributed by atoms with Gasteiger partial charge < -0.3 is 10.8 Å². The SMILES string of the molecule is CC(=O)c1cccc(-n2c(N)c3c(cc2=O)C(=O)NC3=O)c1O. The van der Waals surface area contributed by atoms with Crippen molar-refractivity contribution in [3.63, 3.8) is 0 Å². The number of carbonyl (C=O) groups excluding carboxylic acids is 3. The van der Waals surface area contributed by atoms with Crippen molar-refractivity contribution in [2.45, 2.75) is 6.92 Å². The number of amides is 2. The van der Waals surface area contributed by atoms with Crippen molar-refractivity contribution in [3.8, 4) is 11.4 Å². The molecule has 8 nitrogen and oxygen atoms in total. The van der Waals surface area contributed by atoms with Gasteiger partial charge in [-0.1, -0.05) is 6.07 Å². The number of fused-ring (bicyclic) bond motifs is 1. The van der Waals surface area contributed by atoms with E-state index >= 15 is 0 Å². The van der Waals surface area contributed by atoms with Gasteiger partial charge in [0.15, 0.2) is 11.5 Å². The van der Waals surface area contributed by atoms with Gasteiger partial charge in [-0.05, 0) is 19.1 Å². The van der Waals surface area contributed by atoms with Crippen LogP contribution in [0.25, 0.3) is 5.69 Å². The summed E-state index contributed by atoms with van der Waals surface area (Å²) in [6.45, 7) is 1.26. The zero-order valence-corrected chi connectivity index (χ0v) is 11.9. The van der Waals surface area contributed by atoms with Crippen LogP contribution in [0.1, 0.15) is 38.0 Å². The number of pyridine rings is 1. The number of nitrogens with one attached hydrogen (secondary N) is 1. The van der Waals surface area contributed by atoms with Crippen LogP contribution < -0.4 is 16.6 Å². The molecule has 116 valence electrons. The highest BCUT2D eigenvalue weighted by atomic mass is 16.3. The topological polar surface area (TPSA) is 131 Å². The third-order valence-electron chi connectivity index (χ3n) is 3.59.